The molecule has 1 saturated heterocycles. The first-order valence-corrected chi connectivity index (χ1v) is 7.53. The Balaban J connectivity index is 1.80. The van der Waals surface area contributed by atoms with Crippen LogP contribution in [0.5, 0.6) is 0 Å². The molecule has 0 spiro atoms. The van der Waals surface area contributed by atoms with Crippen LogP contribution in [0.1, 0.15) is 24.5 Å². The molecule has 0 aliphatic carbocycles. The van der Waals surface area contributed by atoms with Crippen LogP contribution in [0.3, 0.4) is 0 Å². The van der Waals surface area contributed by atoms with Gasteiger partial charge in [-0.3, -0.25) is 9.69 Å². The molecule has 1 atom stereocenters. The van der Waals surface area contributed by atoms with Crippen LogP contribution >= 0.6 is 0 Å². The summed E-state index contributed by atoms with van der Waals surface area (Å²) in [5.41, 5.74) is 0.627. The Kier molecular flexibility index (Phi) is 5.88. The molecule has 6 heteroatoms. The average Bonchev–Trinajstić information content (AvgIpc) is 2.48. The number of nitrogens with zero attached hydrogens (tertiary/aromatic N) is 2. The fourth-order valence-corrected chi connectivity index (χ4v) is 2.60. The number of likely N-dealkylation sites (N-methyl/N-ethyl adjacent to an activating group) is 1. The molecule has 1 aliphatic rings. The lowest BCUT2D eigenvalue weighted by molar-refractivity contribution is -0.134. The van der Waals surface area contributed by atoms with E-state index in [2.05, 4.69) is 0 Å². The maximum atomic E-state index is 12.9. The molecule has 2 N–H and O–H groups in total. The minimum Gasteiger partial charge on any atom is -0.393 e. The quantitative estimate of drug-likeness (QED) is 0.843. The molecular weight excluding hydrogens is 287 g/mol. The first-order chi connectivity index (χ1) is 10.5. The summed E-state index contributed by atoms with van der Waals surface area (Å²) in [5, 5.41) is 19.6. The van der Waals surface area contributed by atoms with Gasteiger partial charge < -0.3 is 15.1 Å². The summed E-state index contributed by atoms with van der Waals surface area (Å²) in [5.74, 6) is -0.340. The number of hydrogen-bond donors (Lipinski definition) is 2. The third-order valence-corrected chi connectivity index (χ3v) is 3.96. The minimum absolute atomic E-state index is 0.000654. The van der Waals surface area contributed by atoms with E-state index in [-0.39, 0.29) is 24.4 Å². The highest BCUT2D eigenvalue weighted by Crippen LogP contribution is 2.15. The molecule has 1 aromatic carbocycles. The van der Waals surface area contributed by atoms with E-state index in [0.717, 1.165) is 0 Å². The smallest absolute Gasteiger partial charge is 0.236 e. The lowest BCUT2D eigenvalue weighted by atomic mass is 10.1. The van der Waals surface area contributed by atoms with Gasteiger partial charge in [-0.25, -0.2) is 4.39 Å². The van der Waals surface area contributed by atoms with E-state index < -0.39 is 6.10 Å². The van der Waals surface area contributed by atoms with Gasteiger partial charge in [0.1, 0.15) is 5.82 Å². The van der Waals surface area contributed by atoms with Crippen molar-refractivity contribution in [3.63, 3.8) is 0 Å². The molecule has 0 saturated carbocycles. The SMILES string of the molecule is CN(CC(=O)N1CCC(O)CC1)CC(O)c1ccc(F)cc1. The van der Waals surface area contributed by atoms with Gasteiger partial charge in [0.25, 0.3) is 0 Å². The van der Waals surface area contributed by atoms with Crippen LogP contribution in [0, 0.1) is 5.82 Å². The van der Waals surface area contributed by atoms with Crippen molar-refractivity contribution in [1.82, 2.24) is 9.80 Å². The molecular formula is C16H23FN2O3. The Morgan fingerprint density at radius 2 is 1.95 bits per heavy atom. The number of aliphatic hydroxyl groups excluding tert-OH is 2. The standard InChI is InChI=1S/C16H23FN2O3/c1-18(10-15(21)12-2-4-13(17)5-3-12)11-16(22)19-8-6-14(20)7-9-19/h2-5,14-15,20-21H,6-11H2,1H3. The second-order valence-corrected chi connectivity index (χ2v) is 5.88. The number of carbonyl (C=O) groups excluding carboxylic acids is 1. The summed E-state index contributed by atoms with van der Waals surface area (Å²) in [6.45, 7) is 1.67. The molecule has 22 heavy (non-hydrogen) atoms. The van der Waals surface area contributed by atoms with Crippen molar-refractivity contribution in [3.05, 3.63) is 35.6 Å². The maximum absolute atomic E-state index is 12.9. The summed E-state index contributed by atoms with van der Waals surface area (Å²) in [7, 11) is 1.77. The Bertz CT molecular complexity index is 487. The predicted molar refractivity (Wildman–Crippen MR) is 80.7 cm³/mol. The van der Waals surface area contributed by atoms with Crippen molar-refractivity contribution in [2.75, 3.05) is 33.2 Å². The topological polar surface area (TPSA) is 64.0 Å². The lowest BCUT2D eigenvalue weighted by Gasteiger charge is -2.31. The number of halogens is 1. The summed E-state index contributed by atoms with van der Waals surface area (Å²) in [4.78, 5) is 15.6. The number of carbonyl (C=O) groups is 1. The van der Waals surface area contributed by atoms with Crippen LogP contribution in [-0.2, 0) is 4.79 Å². The molecule has 1 amide bonds. The van der Waals surface area contributed by atoms with Gasteiger partial charge in [-0.05, 0) is 37.6 Å². The van der Waals surface area contributed by atoms with E-state index >= 15 is 0 Å². The zero-order valence-corrected chi connectivity index (χ0v) is 12.8. The molecule has 0 radical (unpaired) electrons. The number of aliphatic hydroxyl groups is 2. The summed E-state index contributed by atoms with van der Waals surface area (Å²) < 4.78 is 12.9. The number of hydrogen-bond acceptors (Lipinski definition) is 4. The molecule has 2 rings (SSSR count). The van der Waals surface area contributed by atoms with Gasteiger partial charge in [-0.15, -0.1) is 0 Å². The highest BCUT2D eigenvalue weighted by molar-refractivity contribution is 5.78. The second-order valence-electron chi connectivity index (χ2n) is 5.88. The largest absolute Gasteiger partial charge is 0.393 e. The Morgan fingerprint density at radius 1 is 1.36 bits per heavy atom. The van der Waals surface area contributed by atoms with Crippen molar-refractivity contribution < 1.29 is 19.4 Å². The molecule has 1 unspecified atom stereocenters. The summed E-state index contributed by atoms with van der Waals surface area (Å²) in [6, 6.07) is 5.70. The van der Waals surface area contributed by atoms with Crippen molar-refractivity contribution in [3.8, 4) is 0 Å². The summed E-state index contributed by atoms with van der Waals surface area (Å²) >= 11 is 0. The van der Waals surface area contributed by atoms with Crippen molar-refractivity contribution in [1.29, 1.82) is 0 Å². The van der Waals surface area contributed by atoms with Crippen molar-refractivity contribution >= 4 is 5.91 Å². The highest BCUT2D eigenvalue weighted by atomic mass is 19.1. The lowest BCUT2D eigenvalue weighted by Crippen LogP contribution is -2.44. The van der Waals surface area contributed by atoms with Gasteiger partial charge in [-0.1, -0.05) is 12.1 Å². The van der Waals surface area contributed by atoms with Crippen LogP contribution < -0.4 is 0 Å². The van der Waals surface area contributed by atoms with E-state index in [1.54, 1.807) is 29.0 Å². The summed E-state index contributed by atoms with van der Waals surface area (Å²) in [6.07, 6.45) is 0.171. The van der Waals surface area contributed by atoms with E-state index in [1.807, 2.05) is 0 Å². The Morgan fingerprint density at radius 3 is 2.55 bits per heavy atom. The zero-order valence-electron chi connectivity index (χ0n) is 12.8. The molecule has 0 aromatic heterocycles. The normalized spacial score (nSPS) is 17.8. The van der Waals surface area contributed by atoms with Gasteiger partial charge in [-0.2, -0.15) is 0 Å². The Hall–Kier alpha value is -1.50. The Labute approximate surface area is 130 Å². The highest BCUT2D eigenvalue weighted by Gasteiger charge is 2.22. The maximum Gasteiger partial charge on any atom is 0.236 e. The van der Waals surface area contributed by atoms with Crippen LogP contribution in [0.15, 0.2) is 24.3 Å². The van der Waals surface area contributed by atoms with Gasteiger partial charge >= 0.3 is 0 Å². The molecule has 0 bridgehead atoms. The average molecular weight is 310 g/mol. The van der Waals surface area contributed by atoms with Gasteiger partial charge in [0.15, 0.2) is 0 Å². The van der Waals surface area contributed by atoms with Crippen molar-refractivity contribution in [2.24, 2.45) is 0 Å². The monoisotopic (exact) mass is 310 g/mol. The van der Waals surface area contributed by atoms with Crippen molar-refractivity contribution in [2.45, 2.75) is 25.0 Å². The van der Waals surface area contributed by atoms with E-state index in [0.29, 0.717) is 38.0 Å². The molecule has 1 aromatic rings. The minimum atomic E-state index is -0.762. The predicted octanol–water partition coefficient (Wildman–Crippen LogP) is 0.774. The first kappa shape index (κ1) is 16.9. The molecule has 5 nitrogen and oxygen atoms in total. The third kappa shape index (κ3) is 4.76. The second kappa shape index (κ2) is 7.67. The molecule has 1 fully saturated rings. The van der Waals surface area contributed by atoms with Crippen LogP contribution in [0.4, 0.5) is 4.39 Å². The number of amides is 1. The molecule has 122 valence electrons. The fourth-order valence-electron chi connectivity index (χ4n) is 2.60. The first-order valence-electron chi connectivity index (χ1n) is 7.53. The van der Waals surface area contributed by atoms with Crippen LogP contribution in [0.2, 0.25) is 0 Å². The van der Waals surface area contributed by atoms with Crippen LogP contribution in [0.25, 0.3) is 0 Å². The van der Waals surface area contributed by atoms with Gasteiger partial charge in [0.05, 0.1) is 18.8 Å². The zero-order chi connectivity index (χ0) is 16.1. The van der Waals surface area contributed by atoms with Crippen LogP contribution in [-0.4, -0.2) is 65.3 Å². The number of benzene rings is 1. The van der Waals surface area contributed by atoms with Gasteiger partial charge in [0.2, 0.25) is 5.91 Å². The number of piperidine rings is 1. The molecule has 1 heterocycles. The van der Waals surface area contributed by atoms with E-state index in [1.165, 1.54) is 12.1 Å². The van der Waals surface area contributed by atoms with E-state index in [9.17, 15) is 19.4 Å². The fraction of sp³-hybridized carbons (Fsp3) is 0.562. The number of rotatable bonds is 5. The van der Waals surface area contributed by atoms with E-state index in [4.69, 9.17) is 0 Å². The number of likely N-dealkylation sites (tertiary alicyclic amines) is 1. The molecule has 1 aliphatic heterocycles. The third-order valence-electron chi connectivity index (χ3n) is 3.96. The van der Waals surface area contributed by atoms with Gasteiger partial charge in [0, 0.05) is 19.6 Å².